The summed E-state index contributed by atoms with van der Waals surface area (Å²) in [4.78, 5) is 0. The highest BCUT2D eigenvalue weighted by molar-refractivity contribution is 5.42. The summed E-state index contributed by atoms with van der Waals surface area (Å²) in [5.74, 6) is 2.78. The highest BCUT2D eigenvalue weighted by Gasteiger charge is 2.07. The number of rotatable bonds is 7. The second-order valence-electron chi connectivity index (χ2n) is 4.84. The Morgan fingerprint density at radius 1 is 0.950 bits per heavy atom. The predicted molar refractivity (Wildman–Crippen MR) is 81.5 cm³/mol. The van der Waals surface area contributed by atoms with Gasteiger partial charge < -0.3 is 14.8 Å². The molecule has 1 atom stereocenters. The molecule has 1 unspecified atom stereocenters. The smallest absolute Gasteiger partial charge is 0.169 e. The van der Waals surface area contributed by atoms with E-state index in [0.717, 1.165) is 23.8 Å². The topological polar surface area (TPSA) is 30.5 Å². The molecule has 0 saturated heterocycles. The number of ether oxygens (including phenoxy) is 2. The van der Waals surface area contributed by atoms with Crippen molar-refractivity contribution in [3.8, 4) is 17.2 Å². The van der Waals surface area contributed by atoms with E-state index in [1.54, 1.807) is 0 Å². The molecule has 3 nitrogen and oxygen atoms in total. The molecule has 106 valence electrons. The Hall–Kier alpha value is -2.00. The summed E-state index contributed by atoms with van der Waals surface area (Å²) < 4.78 is 11.7. The zero-order valence-corrected chi connectivity index (χ0v) is 12.0. The minimum Gasteiger partial charge on any atom is -0.489 e. The highest BCUT2D eigenvalue weighted by Crippen LogP contribution is 2.31. The van der Waals surface area contributed by atoms with Crippen LogP contribution >= 0.6 is 0 Å². The van der Waals surface area contributed by atoms with Crippen LogP contribution in [0.4, 0.5) is 0 Å². The van der Waals surface area contributed by atoms with Gasteiger partial charge >= 0.3 is 0 Å². The van der Waals surface area contributed by atoms with Gasteiger partial charge in [0.05, 0.1) is 6.61 Å². The third-order valence-electron chi connectivity index (χ3n) is 2.90. The maximum absolute atomic E-state index is 5.86. The molecule has 0 aliphatic heterocycles. The van der Waals surface area contributed by atoms with E-state index in [1.807, 2.05) is 61.6 Å². The number of hydrogen-bond acceptors (Lipinski definition) is 3. The SMILES string of the molecule is CNCC(C)COc1ccccc1Oc1ccccc1. The highest BCUT2D eigenvalue weighted by atomic mass is 16.5. The number of hydrogen-bond donors (Lipinski definition) is 1. The number of benzene rings is 2. The maximum atomic E-state index is 5.86. The van der Waals surface area contributed by atoms with E-state index in [9.17, 15) is 0 Å². The minimum absolute atomic E-state index is 0.449. The molecule has 2 aromatic rings. The summed E-state index contributed by atoms with van der Waals surface area (Å²) in [7, 11) is 1.95. The Morgan fingerprint density at radius 2 is 1.60 bits per heavy atom. The molecule has 0 saturated carbocycles. The first-order chi connectivity index (χ1) is 9.79. The summed E-state index contributed by atoms with van der Waals surface area (Å²) in [5.41, 5.74) is 0. The Morgan fingerprint density at radius 3 is 2.30 bits per heavy atom. The second-order valence-corrected chi connectivity index (χ2v) is 4.84. The van der Waals surface area contributed by atoms with E-state index in [4.69, 9.17) is 9.47 Å². The fraction of sp³-hybridized carbons (Fsp3) is 0.294. The van der Waals surface area contributed by atoms with Gasteiger partial charge in [0, 0.05) is 12.5 Å². The monoisotopic (exact) mass is 271 g/mol. The molecular formula is C17H21NO2. The zero-order valence-electron chi connectivity index (χ0n) is 12.0. The van der Waals surface area contributed by atoms with Crippen molar-refractivity contribution in [3.05, 3.63) is 54.6 Å². The fourth-order valence-corrected chi connectivity index (χ4v) is 1.91. The van der Waals surface area contributed by atoms with Gasteiger partial charge in [-0.2, -0.15) is 0 Å². The maximum Gasteiger partial charge on any atom is 0.169 e. The average molecular weight is 271 g/mol. The molecule has 0 radical (unpaired) electrons. The van der Waals surface area contributed by atoms with Crippen LogP contribution in [0.3, 0.4) is 0 Å². The second kappa shape index (κ2) is 7.56. The minimum atomic E-state index is 0.449. The van der Waals surface area contributed by atoms with Crippen molar-refractivity contribution in [2.75, 3.05) is 20.2 Å². The van der Waals surface area contributed by atoms with Crippen LogP contribution in [0, 0.1) is 5.92 Å². The third kappa shape index (κ3) is 4.28. The van der Waals surface area contributed by atoms with E-state index >= 15 is 0 Å². The molecule has 0 spiro atoms. The lowest BCUT2D eigenvalue weighted by Gasteiger charge is -2.15. The van der Waals surface area contributed by atoms with E-state index in [1.165, 1.54) is 0 Å². The molecule has 0 amide bonds. The molecule has 0 aliphatic rings. The van der Waals surface area contributed by atoms with Crippen LogP contribution in [-0.2, 0) is 0 Å². The molecule has 0 heterocycles. The molecule has 0 fully saturated rings. The zero-order chi connectivity index (χ0) is 14.2. The van der Waals surface area contributed by atoms with Crippen molar-refractivity contribution in [2.45, 2.75) is 6.92 Å². The van der Waals surface area contributed by atoms with E-state index in [2.05, 4.69) is 12.2 Å². The van der Waals surface area contributed by atoms with Gasteiger partial charge in [0.2, 0.25) is 0 Å². The molecule has 3 heteroatoms. The van der Waals surface area contributed by atoms with Crippen molar-refractivity contribution in [2.24, 2.45) is 5.92 Å². The molecule has 0 aliphatic carbocycles. The summed E-state index contributed by atoms with van der Waals surface area (Å²) in [6.45, 7) is 3.74. The molecule has 1 N–H and O–H groups in total. The first kappa shape index (κ1) is 14.4. The van der Waals surface area contributed by atoms with Gasteiger partial charge in [-0.25, -0.2) is 0 Å². The Bertz CT molecular complexity index is 513. The van der Waals surface area contributed by atoms with Gasteiger partial charge in [0.1, 0.15) is 5.75 Å². The third-order valence-corrected chi connectivity index (χ3v) is 2.90. The average Bonchev–Trinajstić information content (AvgIpc) is 2.48. The van der Waals surface area contributed by atoms with Crippen LogP contribution in [0.5, 0.6) is 17.2 Å². The Labute approximate surface area is 120 Å². The van der Waals surface area contributed by atoms with Gasteiger partial charge in [0.25, 0.3) is 0 Å². The lowest BCUT2D eigenvalue weighted by molar-refractivity contribution is 0.249. The van der Waals surface area contributed by atoms with E-state index in [0.29, 0.717) is 12.5 Å². The van der Waals surface area contributed by atoms with Crippen LogP contribution in [0.15, 0.2) is 54.6 Å². The van der Waals surface area contributed by atoms with Crippen molar-refractivity contribution in [3.63, 3.8) is 0 Å². The van der Waals surface area contributed by atoms with Gasteiger partial charge in [-0.1, -0.05) is 37.3 Å². The summed E-state index contributed by atoms with van der Waals surface area (Å²) in [6.07, 6.45) is 0. The van der Waals surface area contributed by atoms with E-state index in [-0.39, 0.29) is 0 Å². The first-order valence-electron chi connectivity index (χ1n) is 6.89. The van der Waals surface area contributed by atoms with Crippen LogP contribution in [0.2, 0.25) is 0 Å². The van der Waals surface area contributed by atoms with Crippen LogP contribution in [0.1, 0.15) is 6.92 Å². The van der Waals surface area contributed by atoms with Crippen molar-refractivity contribution in [1.82, 2.24) is 5.32 Å². The summed E-state index contributed by atoms with van der Waals surface area (Å²) in [6, 6.07) is 17.5. The van der Waals surface area contributed by atoms with Crippen molar-refractivity contribution in [1.29, 1.82) is 0 Å². The molecule has 20 heavy (non-hydrogen) atoms. The number of para-hydroxylation sites is 3. The molecule has 2 aromatic carbocycles. The van der Waals surface area contributed by atoms with Crippen LogP contribution in [-0.4, -0.2) is 20.2 Å². The van der Waals surface area contributed by atoms with Crippen molar-refractivity contribution >= 4 is 0 Å². The normalized spacial score (nSPS) is 11.9. The molecule has 0 bridgehead atoms. The van der Waals surface area contributed by atoms with Gasteiger partial charge in [-0.3, -0.25) is 0 Å². The van der Waals surface area contributed by atoms with Crippen LogP contribution < -0.4 is 14.8 Å². The Kier molecular flexibility index (Phi) is 5.44. The molecular weight excluding hydrogens is 250 g/mol. The van der Waals surface area contributed by atoms with Gasteiger partial charge in [-0.05, 0) is 31.3 Å². The number of nitrogens with one attached hydrogen (secondary N) is 1. The standard InChI is InChI=1S/C17H21NO2/c1-14(12-18-2)13-19-16-10-6-7-11-17(16)20-15-8-4-3-5-9-15/h3-11,14,18H,12-13H2,1-2H3. The lowest BCUT2D eigenvalue weighted by Crippen LogP contribution is -2.21. The van der Waals surface area contributed by atoms with Gasteiger partial charge in [0.15, 0.2) is 11.5 Å². The van der Waals surface area contributed by atoms with Gasteiger partial charge in [-0.15, -0.1) is 0 Å². The fourth-order valence-electron chi connectivity index (χ4n) is 1.91. The molecule has 0 aromatic heterocycles. The quantitative estimate of drug-likeness (QED) is 0.832. The predicted octanol–water partition coefficient (Wildman–Crippen LogP) is 3.71. The lowest BCUT2D eigenvalue weighted by atomic mass is 10.2. The largest absolute Gasteiger partial charge is 0.489 e. The van der Waals surface area contributed by atoms with E-state index < -0.39 is 0 Å². The Balaban J connectivity index is 2.02. The molecule has 2 rings (SSSR count). The first-order valence-corrected chi connectivity index (χ1v) is 6.89. The van der Waals surface area contributed by atoms with Crippen molar-refractivity contribution < 1.29 is 9.47 Å². The van der Waals surface area contributed by atoms with Crippen LogP contribution in [0.25, 0.3) is 0 Å². The summed E-state index contributed by atoms with van der Waals surface area (Å²) >= 11 is 0. The summed E-state index contributed by atoms with van der Waals surface area (Å²) in [5, 5.41) is 3.15.